The van der Waals surface area contributed by atoms with Crippen LogP contribution in [0, 0.1) is 0 Å². The number of hydrogen-bond donors (Lipinski definition) is 0. The molecule has 0 spiro atoms. The first-order valence-electron chi connectivity index (χ1n) is 6.44. The molecule has 0 aliphatic rings. The molecule has 1 rings (SSSR count). The number of aromatic nitrogens is 1. The molecule has 0 saturated heterocycles. The van der Waals surface area contributed by atoms with Crippen molar-refractivity contribution in [2.45, 2.75) is 39.3 Å². The van der Waals surface area contributed by atoms with Crippen molar-refractivity contribution in [2.24, 2.45) is 0 Å². The first-order chi connectivity index (χ1) is 8.69. The van der Waals surface area contributed by atoms with Crippen molar-refractivity contribution in [2.75, 3.05) is 13.7 Å². The van der Waals surface area contributed by atoms with Crippen LogP contribution in [0.2, 0.25) is 0 Å². The molecule has 0 fully saturated rings. The van der Waals surface area contributed by atoms with E-state index in [1.807, 2.05) is 37.2 Å². The summed E-state index contributed by atoms with van der Waals surface area (Å²) >= 11 is 0. The summed E-state index contributed by atoms with van der Waals surface area (Å²) in [7, 11) is 1.95. The number of esters is 1. The molecule has 4 heteroatoms. The Morgan fingerprint density at radius 3 is 2.83 bits per heavy atom. The lowest BCUT2D eigenvalue weighted by Crippen LogP contribution is -2.39. The van der Waals surface area contributed by atoms with Crippen LogP contribution < -0.4 is 0 Å². The van der Waals surface area contributed by atoms with Crippen LogP contribution in [-0.4, -0.2) is 35.5 Å². The maximum Gasteiger partial charge on any atom is 0.323 e. The molecule has 0 amide bonds. The Bertz CT molecular complexity index is 354. The van der Waals surface area contributed by atoms with Crippen LogP contribution in [0.25, 0.3) is 0 Å². The van der Waals surface area contributed by atoms with Gasteiger partial charge in [0, 0.05) is 18.9 Å². The third-order valence-corrected chi connectivity index (χ3v) is 2.81. The third-order valence-electron chi connectivity index (χ3n) is 2.81. The van der Waals surface area contributed by atoms with Crippen LogP contribution in [0.4, 0.5) is 0 Å². The van der Waals surface area contributed by atoms with Gasteiger partial charge in [-0.2, -0.15) is 0 Å². The average molecular weight is 250 g/mol. The van der Waals surface area contributed by atoms with Gasteiger partial charge in [-0.3, -0.25) is 14.7 Å². The molecular formula is C14H22N2O2. The Labute approximate surface area is 109 Å². The SMILES string of the molecule is CCCC(C(=O)OCC)N(C)Cc1cccnc1. The van der Waals surface area contributed by atoms with Gasteiger partial charge in [-0.25, -0.2) is 0 Å². The highest BCUT2D eigenvalue weighted by atomic mass is 16.5. The molecule has 0 aliphatic heterocycles. The van der Waals surface area contributed by atoms with E-state index in [0.29, 0.717) is 13.2 Å². The number of carbonyl (C=O) groups excluding carboxylic acids is 1. The number of likely N-dealkylation sites (N-methyl/N-ethyl adjacent to an activating group) is 1. The smallest absolute Gasteiger partial charge is 0.323 e. The van der Waals surface area contributed by atoms with Crippen molar-refractivity contribution in [3.05, 3.63) is 30.1 Å². The van der Waals surface area contributed by atoms with E-state index in [0.717, 1.165) is 18.4 Å². The van der Waals surface area contributed by atoms with Gasteiger partial charge in [-0.15, -0.1) is 0 Å². The van der Waals surface area contributed by atoms with Gasteiger partial charge in [0.1, 0.15) is 6.04 Å². The third kappa shape index (κ3) is 4.45. The fraction of sp³-hybridized carbons (Fsp3) is 0.571. The van der Waals surface area contributed by atoms with E-state index in [9.17, 15) is 4.79 Å². The molecule has 0 radical (unpaired) electrons. The summed E-state index contributed by atoms with van der Waals surface area (Å²) in [6, 6.07) is 3.75. The molecule has 0 saturated carbocycles. The van der Waals surface area contributed by atoms with Crippen LogP contribution in [0.5, 0.6) is 0 Å². The topological polar surface area (TPSA) is 42.4 Å². The second kappa shape index (κ2) is 7.82. The van der Waals surface area contributed by atoms with E-state index >= 15 is 0 Å². The predicted octanol–water partition coefficient (Wildman–Crippen LogP) is 2.25. The first kappa shape index (κ1) is 14.6. The average Bonchev–Trinajstić information content (AvgIpc) is 2.37. The molecular weight excluding hydrogens is 228 g/mol. The van der Waals surface area contributed by atoms with Gasteiger partial charge < -0.3 is 4.74 Å². The summed E-state index contributed by atoms with van der Waals surface area (Å²) < 4.78 is 5.12. The molecule has 0 bridgehead atoms. The highest BCUT2D eigenvalue weighted by Crippen LogP contribution is 2.11. The molecule has 0 aromatic carbocycles. The van der Waals surface area contributed by atoms with E-state index in [4.69, 9.17) is 4.74 Å². The minimum atomic E-state index is -0.171. The molecule has 1 heterocycles. The lowest BCUT2D eigenvalue weighted by Gasteiger charge is -2.25. The van der Waals surface area contributed by atoms with Gasteiger partial charge in [0.2, 0.25) is 0 Å². The standard InChI is InChI=1S/C14H22N2O2/c1-4-7-13(14(17)18-5-2)16(3)11-12-8-6-9-15-10-12/h6,8-10,13H,4-5,7,11H2,1-3H3. The molecule has 100 valence electrons. The summed E-state index contributed by atoms with van der Waals surface area (Å²) in [5.74, 6) is -0.134. The Kier molecular flexibility index (Phi) is 6.36. The monoisotopic (exact) mass is 250 g/mol. The number of pyridine rings is 1. The Balaban J connectivity index is 2.64. The maximum atomic E-state index is 11.9. The fourth-order valence-electron chi connectivity index (χ4n) is 1.92. The van der Waals surface area contributed by atoms with E-state index in [2.05, 4.69) is 11.9 Å². The first-order valence-corrected chi connectivity index (χ1v) is 6.44. The number of ether oxygens (including phenoxy) is 1. The van der Waals surface area contributed by atoms with E-state index < -0.39 is 0 Å². The normalized spacial score (nSPS) is 12.4. The molecule has 18 heavy (non-hydrogen) atoms. The van der Waals surface area contributed by atoms with Crippen LogP contribution in [0.3, 0.4) is 0 Å². The van der Waals surface area contributed by atoms with Crippen molar-refractivity contribution >= 4 is 5.97 Å². The highest BCUT2D eigenvalue weighted by Gasteiger charge is 2.23. The van der Waals surface area contributed by atoms with Gasteiger partial charge >= 0.3 is 5.97 Å². The van der Waals surface area contributed by atoms with E-state index in [1.54, 1.807) is 6.20 Å². The molecule has 0 N–H and O–H groups in total. The van der Waals surface area contributed by atoms with Gasteiger partial charge in [0.25, 0.3) is 0 Å². The summed E-state index contributed by atoms with van der Waals surface area (Å²) in [6.45, 7) is 5.04. The van der Waals surface area contributed by atoms with Crippen LogP contribution >= 0.6 is 0 Å². The Hall–Kier alpha value is -1.42. The van der Waals surface area contributed by atoms with Crippen LogP contribution in [0.15, 0.2) is 24.5 Å². The maximum absolute atomic E-state index is 11.9. The van der Waals surface area contributed by atoms with Gasteiger partial charge in [-0.1, -0.05) is 19.4 Å². The number of nitrogens with zero attached hydrogens (tertiary/aromatic N) is 2. The van der Waals surface area contributed by atoms with Crippen molar-refractivity contribution in [1.29, 1.82) is 0 Å². The Morgan fingerprint density at radius 1 is 1.50 bits per heavy atom. The minimum Gasteiger partial charge on any atom is -0.465 e. The predicted molar refractivity (Wildman–Crippen MR) is 71.0 cm³/mol. The number of carbonyl (C=O) groups is 1. The second-order valence-corrected chi connectivity index (χ2v) is 4.33. The van der Waals surface area contributed by atoms with E-state index in [1.165, 1.54) is 0 Å². The Morgan fingerprint density at radius 2 is 2.28 bits per heavy atom. The molecule has 4 nitrogen and oxygen atoms in total. The summed E-state index contributed by atoms with van der Waals surface area (Å²) in [4.78, 5) is 18.0. The zero-order chi connectivity index (χ0) is 13.4. The molecule has 1 atom stereocenters. The van der Waals surface area contributed by atoms with Gasteiger partial charge in [0.15, 0.2) is 0 Å². The van der Waals surface area contributed by atoms with Crippen molar-refractivity contribution in [3.63, 3.8) is 0 Å². The molecule has 1 aromatic heterocycles. The lowest BCUT2D eigenvalue weighted by atomic mass is 10.1. The fourth-order valence-corrected chi connectivity index (χ4v) is 1.92. The molecule has 0 aliphatic carbocycles. The van der Waals surface area contributed by atoms with Crippen molar-refractivity contribution in [3.8, 4) is 0 Å². The summed E-state index contributed by atoms with van der Waals surface area (Å²) in [5, 5.41) is 0. The second-order valence-electron chi connectivity index (χ2n) is 4.33. The molecule has 1 aromatic rings. The van der Waals surface area contributed by atoms with Crippen molar-refractivity contribution < 1.29 is 9.53 Å². The van der Waals surface area contributed by atoms with E-state index in [-0.39, 0.29) is 12.0 Å². The molecule has 1 unspecified atom stereocenters. The van der Waals surface area contributed by atoms with Gasteiger partial charge in [-0.05, 0) is 32.0 Å². The lowest BCUT2D eigenvalue weighted by molar-refractivity contribution is -0.149. The minimum absolute atomic E-state index is 0.134. The zero-order valence-corrected chi connectivity index (χ0v) is 11.4. The quantitative estimate of drug-likeness (QED) is 0.696. The van der Waals surface area contributed by atoms with Crippen molar-refractivity contribution in [1.82, 2.24) is 9.88 Å². The number of rotatable bonds is 7. The summed E-state index contributed by atoms with van der Waals surface area (Å²) in [6.07, 6.45) is 5.35. The largest absolute Gasteiger partial charge is 0.465 e. The van der Waals surface area contributed by atoms with Gasteiger partial charge in [0.05, 0.1) is 6.61 Å². The number of hydrogen-bond acceptors (Lipinski definition) is 4. The van der Waals surface area contributed by atoms with Crippen LogP contribution in [0.1, 0.15) is 32.3 Å². The highest BCUT2D eigenvalue weighted by molar-refractivity contribution is 5.75. The van der Waals surface area contributed by atoms with Crippen LogP contribution in [-0.2, 0) is 16.1 Å². The summed E-state index contributed by atoms with van der Waals surface area (Å²) in [5.41, 5.74) is 1.10. The zero-order valence-electron chi connectivity index (χ0n) is 11.4.